The van der Waals surface area contributed by atoms with Gasteiger partial charge in [0.05, 0.1) is 5.56 Å². The fourth-order valence-corrected chi connectivity index (χ4v) is 2.24. The molecular formula is C9H8INO. The van der Waals surface area contributed by atoms with E-state index in [1.165, 1.54) is 0 Å². The third kappa shape index (κ3) is 1.03. The van der Waals surface area contributed by atoms with Crippen molar-refractivity contribution in [3.63, 3.8) is 0 Å². The van der Waals surface area contributed by atoms with Crippen molar-refractivity contribution >= 4 is 28.5 Å². The zero-order valence-electron chi connectivity index (χ0n) is 6.67. The standard InChI is InChI=1S/C9H8INO/c1-11-5-6-3-2-4-7(10)8(6)9(11)12/h2-4H,5H2,1H3. The van der Waals surface area contributed by atoms with E-state index in [1.54, 1.807) is 4.90 Å². The van der Waals surface area contributed by atoms with Crippen LogP contribution >= 0.6 is 22.6 Å². The lowest BCUT2D eigenvalue weighted by molar-refractivity contribution is 0.0815. The van der Waals surface area contributed by atoms with E-state index in [9.17, 15) is 4.79 Å². The Morgan fingerprint density at radius 3 is 2.92 bits per heavy atom. The minimum atomic E-state index is 0.148. The first-order chi connectivity index (χ1) is 5.70. The second-order valence-electron chi connectivity index (χ2n) is 2.94. The van der Waals surface area contributed by atoms with Crippen molar-refractivity contribution in [1.82, 2.24) is 4.90 Å². The molecule has 12 heavy (non-hydrogen) atoms. The first-order valence-electron chi connectivity index (χ1n) is 3.73. The number of benzene rings is 1. The summed E-state index contributed by atoms with van der Waals surface area (Å²) in [5, 5.41) is 0. The van der Waals surface area contributed by atoms with Gasteiger partial charge in [0.15, 0.2) is 0 Å². The highest BCUT2D eigenvalue weighted by Gasteiger charge is 2.25. The zero-order valence-corrected chi connectivity index (χ0v) is 8.83. The van der Waals surface area contributed by atoms with Crippen LogP contribution < -0.4 is 0 Å². The van der Waals surface area contributed by atoms with E-state index >= 15 is 0 Å². The Morgan fingerprint density at radius 1 is 1.50 bits per heavy atom. The van der Waals surface area contributed by atoms with Crippen LogP contribution in [-0.4, -0.2) is 17.9 Å². The molecule has 0 radical (unpaired) electrons. The second-order valence-corrected chi connectivity index (χ2v) is 4.10. The molecule has 0 saturated carbocycles. The summed E-state index contributed by atoms with van der Waals surface area (Å²) in [6.07, 6.45) is 0. The van der Waals surface area contributed by atoms with E-state index in [-0.39, 0.29) is 5.91 Å². The number of hydrogen-bond acceptors (Lipinski definition) is 1. The Bertz CT molecular complexity index is 348. The maximum Gasteiger partial charge on any atom is 0.255 e. The van der Waals surface area contributed by atoms with Crippen molar-refractivity contribution in [3.8, 4) is 0 Å². The van der Waals surface area contributed by atoms with Gasteiger partial charge < -0.3 is 4.90 Å². The van der Waals surface area contributed by atoms with Crippen molar-refractivity contribution in [2.45, 2.75) is 6.54 Å². The third-order valence-electron chi connectivity index (χ3n) is 2.07. The molecule has 1 aromatic carbocycles. The average molecular weight is 273 g/mol. The highest BCUT2D eigenvalue weighted by Crippen LogP contribution is 2.25. The van der Waals surface area contributed by atoms with E-state index in [2.05, 4.69) is 22.6 Å². The van der Waals surface area contributed by atoms with E-state index in [0.717, 1.165) is 21.2 Å². The summed E-state index contributed by atoms with van der Waals surface area (Å²) in [7, 11) is 1.83. The first kappa shape index (κ1) is 8.04. The lowest BCUT2D eigenvalue weighted by Crippen LogP contribution is -2.17. The summed E-state index contributed by atoms with van der Waals surface area (Å²) >= 11 is 2.20. The van der Waals surface area contributed by atoms with Crippen molar-refractivity contribution < 1.29 is 4.79 Å². The molecule has 0 bridgehead atoms. The number of carbonyl (C=O) groups excluding carboxylic acids is 1. The quantitative estimate of drug-likeness (QED) is 0.661. The number of hydrogen-bond donors (Lipinski definition) is 0. The van der Waals surface area contributed by atoms with Gasteiger partial charge in [-0.15, -0.1) is 0 Å². The molecule has 0 saturated heterocycles. The summed E-state index contributed by atoms with van der Waals surface area (Å²) in [6.45, 7) is 0.755. The minimum Gasteiger partial charge on any atom is -0.337 e. The number of nitrogens with zero attached hydrogens (tertiary/aromatic N) is 1. The topological polar surface area (TPSA) is 20.3 Å². The van der Waals surface area contributed by atoms with Crippen molar-refractivity contribution in [3.05, 3.63) is 32.9 Å². The molecule has 0 N–H and O–H groups in total. The van der Waals surface area contributed by atoms with Crippen LogP contribution in [0.15, 0.2) is 18.2 Å². The lowest BCUT2D eigenvalue weighted by atomic mass is 10.1. The van der Waals surface area contributed by atoms with Gasteiger partial charge in [-0.25, -0.2) is 0 Å². The number of rotatable bonds is 0. The number of amides is 1. The van der Waals surface area contributed by atoms with E-state index in [1.807, 2.05) is 25.2 Å². The average Bonchev–Trinajstić information content (AvgIpc) is 2.29. The van der Waals surface area contributed by atoms with Crippen LogP contribution in [0.3, 0.4) is 0 Å². The fraction of sp³-hybridized carbons (Fsp3) is 0.222. The van der Waals surface area contributed by atoms with Crippen molar-refractivity contribution in [1.29, 1.82) is 0 Å². The minimum absolute atomic E-state index is 0.148. The van der Waals surface area contributed by atoms with Gasteiger partial charge in [-0.3, -0.25) is 4.79 Å². The molecule has 3 heteroatoms. The summed E-state index contributed by atoms with van der Waals surface area (Å²) in [6, 6.07) is 5.97. The molecule has 1 heterocycles. The smallest absolute Gasteiger partial charge is 0.255 e. The molecule has 0 fully saturated rings. The SMILES string of the molecule is CN1Cc2cccc(I)c2C1=O. The normalized spacial score (nSPS) is 15.2. The van der Waals surface area contributed by atoms with Crippen molar-refractivity contribution in [2.24, 2.45) is 0 Å². The molecule has 2 nitrogen and oxygen atoms in total. The van der Waals surface area contributed by atoms with Crippen LogP contribution in [0.25, 0.3) is 0 Å². The van der Waals surface area contributed by atoms with Gasteiger partial charge in [-0.05, 0) is 34.2 Å². The number of halogens is 1. The molecule has 0 aromatic heterocycles. The fourth-order valence-electron chi connectivity index (χ4n) is 1.46. The van der Waals surface area contributed by atoms with Gasteiger partial charge in [-0.1, -0.05) is 12.1 Å². The Kier molecular flexibility index (Phi) is 1.83. The van der Waals surface area contributed by atoms with Crippen LogP contribution in [0.5, 0.6) is 0 Å². The van der Waals surface area contributed by atoms with Gasteiger partial charge in [0, 0.05) is 17.2 Å². The number of carbonyl (C=O) groups is 1. The predicted molar refractivity (Wildman–Crippen MR) is 55.0 cm³/mol. The van der Waals surface area contributed by atoms with Gasteiger partial charge in [0.1, 0.15) is 0 Å². The van der Waals surface area contributed by atoms with Crippen LogP contribution in [0.1, 0.15) is 15.9 Å². The third-order valence-corrected chi connectivity index (χ3v) is 2.97. The molecule has 1 amide bonds. The molecule has 1 aliphatic heterocycles. The van der Waals surface area contributed by atoms with Crippen LogP contribution in [0.4, 0.5) is 0 Å². The Morgan fingerprint density at radius 2 is 2.25 bits per heavy atom. The summed E-state index contributed by atoms with van der Waals surface area (Å²) < 4.78 is 1.06. The molecule has 0 atom stereocenters. The molecule has 62 valence electrons. The largest absolute Gasteiger partial charge is 0.337 e. The van der Waals surface area contributed by atoms with Crippen molar-refractivity contribution in [2.75, 3.05) is 7.05 Å². The van der Waals surface area contributed by atoms with Crippen LogP contribution in [0, 0.1) is 3.57 Å². The number of fused-ring (bicyclic) bond motifs is 1. The summed E-state index contributed by atoms with van der Waals surface area (Å²) in [5.74, 6) is 0.148. The maximum atomic E-state index is 11.5. The maximum absolute atomic E-state index is 11.5. The van der Waals surface area contributed by atoms with Crippen LogP contribution in [0.2, 0.25) is 0 Å². The Hall–Kier alpha value is -0.580. The van der Waals surface area contributed by atoms with Gasteiger partial charge >= 0.3 is 0 Å². The molecular weight excluding hydrogens is 265 g/mol. The molecule has 1 aromatic rings. The molecule has 0 unspecified atom stereocenters. The second kappa shape index (κ2) is 2.73. The van der Waals surface area contributed by atoms with Crippen LogP contribution in [-0.2, 0) is 6.54 Å². The highest BCUT2D eigenvalue weighted by atomic mass is 127. The Balaban J connectivity index is 2.62. The molecule has 2 rings (SSSR count). The van der Waals surface area contributed by atoms with Gasteiger partial charge in [0.2, 0.25) is 0 Å². The molecule has 0 aliphatic carbocycles. The summed E-state index contributed by atoms with van der Waals surface area (Å²) in [5.41, 5.74) is 2.04. The van der Waals surface area contributed by atoms with Gasteiger partial charge in [0.25, 0.3) is 5.91 Å². The lowest BCUT2D eigenvalue weighted by Gasteiger charge is -2.04. The first-order valence-corrected chi connectivity index (χ1v) is 4.81. The highest BCUT2D eigenvalue weighted by molar-refractivity contribution is 14.1. The van der Waals surface area contributed by atoms with Gasteiger partial charge in [-0.2, -0.15) is 0 Å². The van der Waals surface area contributed by atoms with E-state index in [0.29, 0.717) is 0 Å². The molecule has 1 aliphatic rings. The predicted octanol–water partition coefficient (Wildman–Crippen LogP) is 1.88. The zero-order chi connectivity index (χ0) is 8.72. The van der Waals surface area contributed by atoms with E-state index < -0.39 is 0 Å². The molecule has 0 spiro atoms. The van der Waals surface area contributed by atoms with E-state index in [4.69, 9.17) is 0 Å². The monoisotopic (exact) mass is 273 g/mol. The Labute approximate surface area is 84.7 Å². The summed E-state index contributed by atoms with van der Waals surface area (Å²) in [4.78, 5) is 13.3.